The maximum absolute atomic E-state index is 9.78. The Hall–Kier alpha value is -1.64. The van der Waals surface area contributed by atoms with Crippen molar-refractivity contribution < 1.29 is 18.2 Å². The van der Waals surface area contributed by atoms with Crippen LogP contribution in [0, 0.1) is 6.92 Å². The lowest BCUT2D eigenvalue weighted by Crippen LogP contribution is -2.32. The van der Waals surface area contributed by atoms with E-state index in [0.717, 1.165) is 24.6 Å². The number of hydrogen-bond donors (Lipinski definition) is 3. The van der Waals surface area contributed by atoms with Crippen molar-refractivity contribution in [1.29, 1.82) is 0 Å². The van der Waals surface area contributed by atoms with Crippen LogP contribution in [-0.4, -0.2) is 49.9 Å². The summed E-state index contributed by atoms with van der Waals surface area (Å²) in [5, 5.41) is 14.1. The number of aliphatic imine (C=N–C) groups is 1. The van der Waals surface area contributed by atoms with Crippen molar-refractivity contribution in [3.05, 3.63) is 29.8 Å². The molecule has 3 N–H and O–H groups in total. The summed E-state index contributed by atoms with van der Waals surface area (Å²) in [6.07, 6.45) is 0.715. The molecule has 7 nitrogen and oxygen atoms in total. The summed E-state index contributed by atoms with van der Waals surface area (Å²) in [6, 6.07) is 7.74. The normalized spacial score (nSPS) is 13.9. The maximum Gasteiger partial charge on any atom is 0.261 e. The number of amidine groups is 1. The molecule has 112 valence electrons. The Labute approximate surface area is 118 Å². The molecule has 0 saturated heterocycles. The fraction of sp³-hybridized carbons (Fsp3) is 0.417. The Morgan fingerprint density at radius 1 is 1.35 bits per heavy atom. The van der Waals surface area contributed by atoms with Crippen LogP contribution in [0.5, 0.6) is 0 Å². The minimum absolute atomic E-state index is 0.420. The van der Waals surface area contributed by atoms with Gasteiger partial charge < -0.3 is 5.32 Å². The zero-order valence-corrected chi connectivity index (χ0v) is 12.3. The smallest absolute Gasteiger partial charge is 0.261 e. The highest BCUT2D eigenvalue weighted by atomic mass is 32.2. The molecule has 0 amide bonds. The highest BCUT2D eigenvalue weighted by Gasteiger charge is 2.09. The van der Waals surface area contributed by atoms with Gasteiger partial charge in [-0.25, -0.2) is 5.06 Å². The van der Waals surface area contributed by atoms with Gasteiger partial charge in [0.2, 0.25) is 0 Å². The maximum atomic E-state index is 9.78. The number of hydrogen-bond acceptors (Lipinski definition) is 6. The van der Waals surface area contributed by atoms with Crippen molar-refractivity contribution in [3.63, 3.8) is 0 Å². The lowest BCUT2D eigenvalue weighted by Gasteiger charge is -2.17. The lowest BCUT2D eigenvalue weighted by atomic mass is 10.2. The highest BCUT2D eigenvalue weighted by molar-refractivity contribution is 7.85. The summed E-state index contributed by atoms with van der Waals surface area (Å²) in [4.78, 5) is 4.22. The van der Waals surface area contributed by atoms with Gasteiger partial charge in [0.05, 0.1) is 18.5 Å². The molecule has 1 aliphatic rings. The highest BCUT2D eigenvalue weighted by Crippen LogP contribution is 2.12. The SMILES string of the molecule is CS(=O)(=O)O.Cc1ccc(N(O)CC2=NCCN2)cc1. The number of aryl methyl sites for hydroxylation is 1. The molecular weight excluding hydrogens is 282 g/mol. The Bertz CT molecular complexity index is 547. The Morgan fingerprint density at radius 3 is 2.35 bits per heavy atom. The molecule has 0 unspecified atom stereocenters. The van der Waals surface area contributed by atoms with Crippen molar-refractivity contribution in [2.24, 2.45) is 4.99 Å². The summed E-state index contributed by atoms with van der Waals surface area (Å²) < 4.78 is 25.9. The van der Waals surface area contributed by atoms with E-state index in [1.165, 1.54) is 10.6 Å². The van der Waals surface area contributed by atoms with Crippen LogP contribution in [0.2, 0.25) is 0 Å². The number of rotatable bonds is 3. The molecule has 1 aliphatic heterocycles. The van der Waals surface area contributed by atoms with Crippen LogP contribution in [0.3, 0.4) is 0 Å². The van der Waals surface area contributed by atoms with Crippen LogP contribution in [0.4, 0.5) is 5.69 Å². The first kappa shape index (κ1) is 16.4. The first-order chi connectivity index (χ1) is 9.25. The van der Waals surface area contributed by atoms with Gasteiger partial charge in [-0.2, -0.15) is 8.42 Å². The minimum Gasteiger partial charge on any atom is -0.370 e. The second-order valence-corrected chi connectivity index (χ2v) is 5.85. The average Bonchev–Trinajstić information content (AvgIpc) is 2.80. The van der Waals surface area contributed by atoms with Crippen molar-refractivity contribution in [2.75, 3.05) is 31.0 Å². The molecule has 0 fully saturated rings. The Morgan fingerprint density at radius 2 is 1.90 bits per heavy atom. The van der Waals surface area contributed by atoms with Crippen LogP contribution < -0.4 is 10.4 Å². The zero-order chi connectivity index (χ0) is 15.2. The van der Waals surface area contributed by atoms with Crippen LogP contribution in [-0.2, 0) is 10.1 Å². The first-order valence-corrected chi connectivity index (χ1v) is 7.83. The number of hydroxylamine groups is 1. The summed E-state index contributed by atoms with van der Waals surface area (Å²) >= 11 is 0. The number of anilines is 1. The summed E-state index contributed by atoms with van der Waals surface area (Å²) in [5.74, 6) is 0.845. The predicted molar refractivity (Wildman–Crippen MR) is 78.1 cm³/mol. The van der Waals surface area contributed by atoms with Gasteiger partial charge in [-0.3, -0.25) is 14.8 Å². The van der Waals surface area contributed by atoms with Crippen molar-refractivity contribution in [2.45, 2.75) is 6.92 Å². The fourth-order valence-electron chi connectivity index (χ4n) is 1.50. The van der Waals surface area contributed by atoms with E-state index in [1.54, 1.807) is 0 Å². The molecule has 2 rings (SSSR count). The van der Waals surface area contributed by atoms with E-state index >= 15 is 0 Å². The molecule has 0 spiro atoms. The second kappa shape index (κ2) is 7.22. The average molecular weight is 301 g/mol. The third-order valence-corrected chi connectivity index (χ3v) is 2.38. The molecule has 0 atom stereocenters. The third-order valence-electron chi connectivity index (χ3n) is 2.38. The topological polar surface area (TPSA) is 102 Å². The monoisotopic (exact) mass is 301 g/mol. The van der Waals surface area contributed by atoms with Crippen LogP contribution in [0.25, 0.3) is 0 Å². The van der Waals surface area contributed by atoms with Crippen LogP contribution in [0.1, 0.15) is 5.56 Å². The molecule has 0 aromatic heterocycles. The third kappa shape index (κ3) is 7.07. The Kier molecular flexibility index (Phi) is 5.93. The van der Waals surface area contributed by atoms with E-state index in [1.807, 2.05) is 31.2 Å². The molecular formula is C12H19N3O4S. The largest absolute Gasteiger partial charge is 0.370 e. The fourth-order valence-corrected chi connectivity index (χ4v) is 1.50. The van der Waals surface area contributed by atoms with Gasteiger partial charge in [0.1, 0.15) is 12.4 Å². The summed E-state index contributed by atoms with van der Waals surface area (Å²) in [6.45, 7) is 4.12. The van der Waals surface area contributed by atoms with Crippen molar-refractivity contribution in [3.8, 4) is 0 Å². The van der Waals surface area contributed by atoms with E-state index in [2.05, 4.69) is 10.3 Å². The molecule has 0 radical (unpaired) electrons. The van der Waals surface area contributed by atoms with E-state index in [-0.39, 0.29) is 0 Å². The first-order valence-electron chi connectivity index (χ1n) is 5.98. The molecule has 1 aromatic carbocycles. The van der Waals surface area contributed by atoms with Crippen LogP contribution in [0.15, 0.2) is 29.3 Å². The molecule has 1 heterocycles. The molecule has 8 heteroatoms. The van der Waals surface area contributed by atoms with Gasteiger partial charge in [0.15, 0.2) is 0 Å². The van der Waals surface area contributed by atoms with Gasteiger partial charge in [-0.15, -0.1) is 0 Å². The zero-order valence-electron chi connectivity index (χ0n) is 11.4. The quantitative estimate of drug-likeness (QED) is 0.561. The van der Waals surface area contributed by atoms with Crippen molar-refractivity contribution >= 4 is 21.6 Å². The van der Waals surface area contributed by atoms with Gasteiger partial charge in [0, 0.05) is 6.54 Å². The molecule has 0 aliphatic carbocycles. The van der Waals surface area contributed by atoms with Crippen molar-refractivity contribution in [1.82, 2.24) is 5.32 Å². The van der Waals surface area contributed by atoms with Gasteiger partial charge >= 0.3 is 0 Å². The number of benzene rings is 1. The second-order valence-electron chi connectivity index (χ2n) is 4.38. The lowest BCUT2D eigenvalue weighted by molar-refractivity contribution is 0.269. The van der Waals surface area contributed by atoms with E-state index in [4.69, 9.17) is 4.55 Å². The van der Waals surface area contributed by atoms with Crippen LogP contribution >= 0.6 is 0 Å². The number of nitrogens with zero attached hydrogens (tertiary/aromatic N) is 2. The van der Waals surface area contributed by atoms with Gasteiger partial charge in [-0.1, -0.05) is 17.7 Å². The minimum atomic E-state index is -3.67. The number of nitrogens with one attached hydrogen (secondary N) is 1. The van der Waals surface area contributed by atoms with Gasteiger partial charge in [-0.05, 0) is 19.1 Å². The molecule has 0 saturated carbocycles. The summed E-state index contributed by atoms with van der Waals surface area (Å²) in [5.41, 5.74) is 1.97. The van der Waals surface area contributed by atoms with E-state index in [9.17, 15) is 13.6 Å². The van der Waals surface area contributed by atoms with E-state index < -0.39 is 10.1 Å². The standard InChI is InChI=1S/C11H15N3O.CH4O3S/c1-9-2-4-10(5-3-9)14(15)8-11-12-6-7-13-11;1-5(2,3)4/h2-5,15H,6-8H2,1H3,(H,12,13);1H3,(H,2,3,4). The molecule has 20 heavy (non-hydrogen) atoms. The predicted octanol–water partition coefficient (Wildman–Crippen LogP) is 0.696. The van der Waals surface area contributed by atoms with Gasteiger partial charge in [0.25, 0.3) is 10.1 Å². The van der Waals surface area contributed by atoms with E-state index in [0.29, 0.717) is 12.8 Å². The Balaban J connectivity index is 0.000000347. The molecule has 0 bridgehead atoms. The molecule has 1 aromatic rings. The summed E-state index contributed by atoms with van der Waals surface area (Å²) in [7, 11) is -3.67.